The molecule has 4 aromatic heterocycles. The lowest BCUT2D eigenvalue weighted by molar-refractivity contribution is 1.08. The van der Waals surface area contributed by atoms with Crippen molar-refractivity contribution < 1.29 is 0 Å². The number of fused-ring (bicyclic) bond motifs is 6. The SMILES string of the molecule is Cc1ccc(N(c2cccc3c2c2ccccc2n3-c2ccccn2)c2cccc3c2c2ccccc2n3-c2ccccn2)cc1. The lowest BCUT2D eigenvalue weighted by atomic mass is 10.0. The van der Waals surface area contributed by atoms with Crippen molar-refractivity contribution in [2.45, 2.75) is 6.92 Å². The number of nitrogens with zero attached hydrogens (tertiary/aromatic N) is 5. The maximum Gasteiger partial charge on any atom is 0.137 e. The molecule has 0 spiro atoms. The summed E-state index contributed by atoms with van der Waals surface area (Å²) in [5.74, 6) is 1.79. The molecule has 0 unspecified atom stereocenters. The van der Waals surface area contributed by atoms with E-state index in [1.165, 1.54) is 27.1 Å². The van der Waals surface area contributed by atoms with Gasteiger partial charge in [-0.1, -0.05) is 78.4 Å². The number of hydrogen-bond donors (Lipinski definition) is 0. The highest BCUT2D eigenvalue weighted by molar-refractivity contribution is 6.20. The van der Waals surface area contributed by atoms with Gasteiger partial charge in [-0.2, -0.15) is 0 Å². The Bertz CT molecular complexity index is 2370. The molecule has 0 aliphatic rings. The predicted octanol–water partition coefficient (Wildman–Crippen LogP) is 10.4. The highest BCUT2D eigenvalue weighted by Crippen LogP contribution is 2.47. The van der Waals surface area contributed by atoms with Crippen LogP contribution in [0.15, 0.2) is 158 Å². The summed E-state index contributed by atoms with van der Waals surface area (Å²) >= 11 is 0. The van der Waals surface area contributed by atoms with E-state index < -0.39 is 0 Å². The molecule has 5 nitrogen and oxygen atoms in total. The van der Waals surface area contributed by atoms with Crippen LogP contribution in [0.25, 0.3) is 55.2 Å². The van der Waals surface area contributed by atoms with E-state index in [9.17, 15) is 0 Å². The summed E-state index contributed by atoms with van der Waals surface area (Å²) in [6, 6.07) is 51.5. The standard InChI is InChI=1S/C41H29N5/c1-28-22-24-29(25-23-28)44(34-16-10-18-36-40(34)30-12-2-4-14-32(30)45(36)38-20-6-8-26-42-38)35-17-11-19-37-41(35)31-13-3-5-15-33(31)46(37)39-21-7-9-27-43-39/h2-27H,1H3. The first-order chi connectivity index (χ1) is 22.8. The Labute approximate surface area is 266 Å². The normalized spacial score (nSPS) is 11.6. The molecule has 0 amide bonds. The van der Waals surface area contributed by atoms with Crippen molar-refractivity contribution in [2.24, 2.45) is 0 Å². The fourth-order valence-electron chi connectivity index (χ4n) is 6.94. The highest BCUT2D eigenvalue weighted by Gasteiger charge is 2.24. The van der Waals surface area contributed by atoms with Gasteiger partial charge in [-0.3, -0.25) is 9.13 Å². The fourth-order valence-corrected chi connectivity index (χ4v) is 6.94. The second kappa shape index (κ2) is 10.5. The molecule has 0 fully saturated rings. The topological polar surface area (TPSA) is 38.9 Å². The second-order valence-electron chi connectivity index (χ2n) is 11.6. The number of para-hydroxylation sites is 2. The third kappa shape index (κ3) is 3.95. The predicted molar refractivity (Wildman–Crippen MR) is 190 cm³/mol. The summed E-state index contributed by atoms with van der Waals surface area (Å²) in [5, 5.41) is 4.71. The maximum absolute atomic E-state index is 4.77. The van der Waals surface area contributed by atoms with Crippen molar-refractivity contribution in [1.29, 1.82) is 0 Å². The smallest absolute Gasteiger partial charge is 0.137 e. The minimum Gasteiger partial charge on any atom is -0.309 e. The van der Waals surface area contributed by atoms with Crippen molar-refractivity contribution >= 4 is 60.7 Å². The van der Waals surface area contributed by atoms with E-state index in [0.29, 0.717) is 0 Å². The second-order valence-corrected chi connectivity index (χ2v) is 11.6. The van der Waals surface area contributed by atoms with Crippen molar-refractivity contribution in [3.8, 4) is 11.6 Å². The minimum absolute atomic E-state index is 0.897. The average molecular weight is 592 g/mol. The average Bonchev–Trinajstić information content (AvgIpc) is 3.64. The molecule has 0 saturated heterocycles. The number of hydrogen-bond acceptors (Lipinski definition) is 3. The molecule has 5 aromatic carbocycles. The molecule has 5 heteroatoms. The van der Waals surface area contributed by atoms with Crippen LogP contribution >= 0.6 is 0 Å². The molecule has 9 aromatic rings. The zero-order chi connectivity index (χ0) is 30.6. The van der Waals surface area contributed by atoms with Gasteiger partial charge in [0, 0.05) is 39.6 Å². The highest BCUT2D eigenvalue weighted by atomic mass is 15.2. The molecule has 0 radical (unpaired) electrons. The van der Waals surface area contributed by atoms with Crippen LogP contribution < -0.4 is 4.90 Å². The van der Waals surface area contributed by atoms with Gasteiger partial charge < -0.3 is 4.90 Å². The molecule has 9 rings (SSSR count). The largest absolute Gasteiger partial charge is 0.309 e. The first-order valence-electron chi connectivity index (χ1n) is 15.5. The zero-order valence-electron chi connectivity index (χ0n) is 25.2. The van der Waals surface area contributed by atoms with E-state index in [0.717, 1.165) is 50.8 Å². The van der Waals surface area contributed by atoms with E-state index >= 15 is 0 Å². The Morgan fingerprint density at radius 2 is 0.891 bits per heavy atom. The lowest BCUT2D eigenvalue weighted by Crippen LogP contribution is -2.11. The first-order valence-corrected chi connectivity index (χ1v) is 15.5. The van der Waals surface area contributed by atoms with Crippen molar-refractivity contribution in [3.05, 3.63) is 164 Å². The molecule has 218 valence electrons. The van der Waals surface area contributed by atoms with Crippen molar-refractivity contribution in [1.82, 2.24) is 19.1 Å². The number of anilines is 3. The third-order valence-corrected chi connectivity index (χ3v) is 8.88. The summed E-state index contributed by atoms with van der Waals surface area (Å²) in [7, 11) is 0. The number of aromatic nitrogens is 4. The molecular weight excluding hydrogens is 562 g/mol. The van der Waals surface area contributed by atoms with E-state index in [-0.39, 0.29) is 0 Å². The van der Waals surface area contributed by atoms with Crippen molar-refractivity contribution in [3.63, 3.8) is 0 Å². The molecule has 4 heterocycles. The number of aryl methyl sites for hydroxylation is 1. The van der Waals surface area contributed by atoms with Crippen LogP contribution in [-0.4, -0.2) is 19.1 Å². The van der Waals surface area contributed by atoms with Crippen LogP contribution in [-0.2, 0) is 0 Å². The number of benzene rings is 5. The van der Waals surface area contributed by atoms with Crippen LogP contribution in [0.4, 0.5) is 17.1 Å². The van der Waals surface area contributed by atoms with Gasteiger partial charge >= 0.3 is 0 Å². The Morgan fingerprint density at radius 1 is 0.435 bits per heavy atom. The van der Waals surface area contributed by atoms with Crippen LogP contribution in [0, 0.1) is 6.92 Å². The quantitative estimate of drug-likeness (QED) is 0.200. The van der Waals surface area contributed by atoms with Gasteiger partial charge in [-0.25, -0.2) is 9.97 Å². The number of rotatable bonds is 5. The number of pyridine rings is 2. The van der Waals surface area contributed by atoms with Crippen LogP contribution in [0.2, 0.25) is 0 Å². The Morgan fingerprint density at radius 3 is 1.37 bits per heavy atom. The Balaban J connectivity index is 1.42. The van der Waals surface area contributed by atoms with Gasteiger partial charge in [0.1, 0.15) is 11.6 Å². The van der Waals surface area contributed by atoms with Crippen molar-refractivity contribution in [2.75, 3.05) is 4.90 Å². The molecule has 0 N–H and O–H groups in total. The zero-order valence-corrected chi connectivity index (χ0v) is 25.2. The van der Waals surface area contributed by atoms with E-state index in [1.54, 1.807) is 0 Å². The summed E-state index contributed by atoms with van der Waals surface area (Å²) < 4.78 is 4.55. The fraction of sp³-hybridized carbons (Fsp3) is 0.0244. The van der Waals surface area contributed by atoms with Crippen LogP contribution in [0.1, 0.15) is 5.56 Å². The summed E-state index contributed by atoms with van der Waals surface area (Å²) in [5.41, 5.74) is 8.99. The van der Waals surface area contributed by atoms with Gasteiger partial charge in [0.05, 0.1) is 33.4 Å². The maximum atomic E-state index is 4.77. The molecule has 0 bridgehead atoms. The lowest BCUT2D eigenvalue weighted by Gasteiger charge is -2.27. The Hall–Kier alpha value is -6.20. The summed E-state index contributed by atoms with van der Waals surface area (Å²) in [4.78, 5) is 12.0. The molecule has 0 atom stereocenters. The summed E-state index contributed by atoms with van der Waals surface area (Å²) in [6.45, 7) is 2.14. The molecule has 0 aliphatic carbocycles. The molecular formula is C41H29N5. The van der Waals surface area contributed by atoms with Gasteiger partial charge in [0.2, 0.25) is 0 Å². The first kappa shape index (κ1) is 26.2. The van der Waals surface area contributed by atoms with E-state index in [1.807, 2.05) is 36.7 Å². The van der Waals surface area contributed by atoms with Gasteiger partial charge in [0.25, 0.3) is 0 Å². The van der Waals surface area contributed by atoms with Gasteiger partial charge in [-0.15, -0.1) is 0 Å². The van der Waals surface area contributed by atoms with Gasteiger partial charge in [-0.05, 0) is 79.7 Å². The minimum atomic E-state index is 0.897. The van der Waals surface area contributed by atoms with Gasteiger partial charge in [0.15, 0.2) is 0 Å². The van der Waals surface area contributed by atoms with Crippen LogP contribution in [0.3, 0.4) is 0 Å². The summed E-state index contributed by atoms with van der Waals surface area (Å²) in [6.07, 6.45) is 3.72. The van der Waals surface area contributed by atoms with E-state index in [2.05, 4.69) is 142 Å². The Kier molecular flexibility index (Phi) is 5.96. The molecule has 46 heavy (non-hydrogen) atoms. The third-order valence-electron chi connectivity index (χ3n) is 8.88. The van der Waals surface area contributed by atoms with Crippen LogP contribution in [0.5, 0.6) is 0 Å². The van der Waals surface area contributed by atoms with E-state index in [4.69, 9.17) is 9.97 Å². The monoisotopic (exact) mass is 591 g/mol. The molecule has 0 saturated carbocycles. The molecule has 0 aliphatic heterocycles.